The van der Waals surface area contributed by atoms with E-state index < -0.39 is 11.8 Å². The Hall–Kier alpha value is -5.23. The van der Waals surface area contributed by atoms with Crippen molar-refractivity contribution in [3.05, 3.63) is 132 Å². The Morgan fingerprint density at radius 2 is 1.37 bits per heavy atom. The van der Waals surface area contributed by atoms with Crippen LogP contribution in [0.4, 0.5) is 0 Å². The quantitative estimate of drug-likeness (QED) is 0.126. The van der Waals surface area contributed by atoms with E-state index in [0.29, 0.717) is 16.9 Å². The summed E-state index contributed by atoms with van der Waals surface area (Å²) in [5.74, 6) is -0.260. The number of hydrogen-bond acceptors (Lipinski definition) is 4. The van der Waals surface area contributed by atoms with E-state index in [2.05, 4.69) is 21.9 Å². The van der Waals surface area contributed by atoms with Crippen molar-refractivity contribution >= 4 is 45.6 Å². The van der Waals surface area contributed by atoms with Crippen LogP contribution in [0.5, 0.6) is 5.75 Å². The zero-order valence-electron chi connectivity index (χ0n) is 20.7. The van der Waals surface area contributed by atoms with Gasteiger partial charge in [-0.2, -0.15) is 5.10 Å². The number of hydrazone groups is 1. The number of hydrogen-bond donors (Lipinski definition) is 2. The Kier molecular flexibility index (Phi) is 7.23. The Morgan fingerprint density at radius 1 is 0.763 bits per heavy atom. The van der Waals surface area contributed by atoms with Crippen LogP contribution in [0.1, 0.15) is 21.5 Å². The van der Waals surface area contributed by atoms with Gasteiger partial charge in [0.05, 0.1) is 13.3 Å². The van der Waals surface area contributed by atoms with Gasteiger partial charge in [0.2, 0.25) is 0 Å². The van der Waals surface area contributed by atoms with Crippen molar-refractivity contribution in [3.8, 4) is 5.75 Å². The zero-order valence-corrected chi connectivity index (χ0v) is 20.7. The molecule has 38 heavy (non-hydrogen) atoms. The molecule has 0 spiro atoms. The van der Waals surface area contributed by atoms with Gasteiger partial charge in [-0.1, -0.05) is 78.9 Å². The summed E-state index contributed by atoms with van der Waals surface area (Å²) >= 11 is 0. The predicted molar refractivity (Wildman–Crippen MR) is 152 cm³/mol. The van der Waals surface area contributed by atoms with Gasteiger partial charge < -0.3 is 10.1 Å². The van der Waals surface area contributed by atoms with E-state index in [0.717, 1.165) is 27.1 Å². The standard InChI is InChI=1S/C32H25N3O3/c1-38-26-17-15-22(16-18-26)19-30(34-31(36)23-9-3-2-4-10-23)32(37)35-33-21-29-27-13-7-5-11-24(27)20-25-12-6-8-14-28(25)29/h2-21H,1H3,(H,34,36)(H,35,37)/b30-19-,33-21+. The molecule has 0 saturated carbocycles. The van der Waals surface area contributed by atoms with Crippen LogP contribution in [0.3, 0.4) is 0 Å². The average molecular weight is 500 g/mol. The van der Waals surface area contributed by atoms with Crippen LogP contribution < -0.4 is 15.5 Å². The van der Waals surface area contributed by atoms with E-state index in [-0.39, 0.29) is 5.70 Å². The van der Waals surface area contributed by atoms with E-state index >= 15 is 0 Å². The summed E-state index contributed by atoms with van der Waals surface area (Å²) in [4.78, 5) is 26.1. The molecule has 0 saturated heterocycles. The van der Waals surface area contributed by atoms with E-state index in [9.17, 15) is 9.59 Å². The third-order valence-electron chi connectivity index (χ3n) is 6.13. The minimum atomic E-state index is -0.550. The van der Waals surface area contributed by atoms with E-state index in [1.807, 2.05) is 54.6 Å². The van der Waals surface area contributed by atoms with Gasteiger partial charge in [0, 0.05) is 11.1 Å². The first-order valence-electron chi connectivity index (χ1n) is 12.1. The second-order valence-electron chi connectivity index (χ2n) is 8.58. The van der Waals surface area contributed by atoms with Crippen molar-refractivity contribution in [2.45, 2.75) is 0 Å². The van der Waals surface area contributed by atoms with Crippen molar-refractivity contribution in [1.82, 2.24) is 10.7 Å². The first kappa shape index (κ1) is 24.5. The lowest BCUT2D eigenvalue weighted by atomic mass is 9.97. The van der Waals surface area contributed by atoms with Gasteiger partial charge in [-0.15, -0.1) is 0 Å². The predicted octanol–water partition coefficient (Wildman–Crippen LogP) is 5.92. The van der Waals surface area contributed by atoms with Gasteiger partial charge in [0.1, 0.15) is 11.4 Å². The summed E-state index contributed by atoms with van der Waals surface area (Å²) in [6, 6.07) is 34.1. The van der Waals surface area contributed by atoms with Crippen LogP contribution in [0, 0.1) is 0 Å². The van der Waals surface area contributed by atoms with Crippen molar-refractivity contribution in [3.63, 3.8) is 0 Å². The number of carbonyl (C=O) groups excluding carboxylic acids is 2. The fourth-order valence-electron chi connectivity index (χ4n) is 4.21. The lowest BCUT2D eigenvalue weighted by Gasteiger charge is -2.10. The minimum absolute atomic E-state index is 0.0592. The second-order valence-corrected chi connectivity index (χ2v) is 8.58. The number of carbonyl (C=O) groups is 2. The summed E-state index contributed by atoms with van der Waals surface area (Å²) in [6.45, 7) is 0. The molecule has 0 aliphatic heterocycles. The number of nitrogens with one attached hydrogen (secondary N) is 2. The van der Waals surface area contributed by atoms with Crippen LogP contribution >= 0.6 is 0 Å². The maximum absolute atomic E-state index is 13.2. The molecule has 0 bridgehead atoms. The largest absolute Gasteiger partial charge is 0.497 e. The Labute approximate surface area is 220 Å². The van der Waals surface area contributed by atoms with Crippen LogP contribution in [0.2, 0.25) is 0 Å². The SMILES string of the molecule is COc1ccc(/C=C(\NC(=O)c2ccccc2)C(=O)N/N=C/c2c3ccccc3cc3ccccc23)cc1. The Morgan fingerprint density at radius 3 is 2.00 bits per heavy atom. The number of fused-ring (bicyclic) bond motifs is 2. The van der Waals surface area contributed by atoms with Gasteiger partial charge in [-0.05, 0) is 63.5 Å². The first-order chi connectivity index (χ1) is 18.6. The first-order valence-corrected chi connectivity index (χ1v) is 12.1. The smallest absolute Gasteiger partial charge is 0.287 e. The lowest BCUT2D eigenvalue weighted by Crippen LogP contribution is -2.32. The molecule has 5 rings (SSSR count). The van der Waals surface area contributed by atoms with E-state index in [1.165, 1.54) is 0 Å². The molecule has 0 aliphatic carbocycles. The molecule has 0 aliphatic rings. The average Bonchev–Trinajstić information content (AvgIpc) is 2.97. The summed E-state index contributed by atoms with van der Waals surface area (Å²) in [5.41, 5.74) is 4.69. The maximum atomic E-state index is 13.2. The molecule has 6 nitrogen and oxygen atoms in total. The van der Waals surface area contributed by atoms with Crippen molar-refractivity contribution in [2.24, 2.45) is 5.10 Å². The zero-order chi connectivity index (χ0) is 26.3. The molecule has 0 fully saturated rings. The number of ether oxygens (including phenoxy) is 1. The summed E-state index contributed by atoms with van der Waals surface area (Å²) in [5, 5.41) is 11.2. The highest BCUT2D eigenvalue weighted by atomic mass is 16.5. The van der Waals surface area contributed by atoms with Gasteiger partial charge in [0.25, 0.3) is 11.8 Å². The summed E-state index contributed by atoms with van der Waals surface area (Å²) in [6.07, 6.45) is 3.24. The molecule has 0 aromatic heterocycles. The molecule has 6 heteroatoms. The topological polar surface area (TPSA) is 79.8 Å². The minimum Gasteiger partial charge on any atom is -0.497 e. The lowest BCUT2D eigenvalue weighted by molar-refractivity contribution is -0.117. The van der Waals surface area contributed by atoms with Crippen molar-refractivity contribution in [1.29, 1.82) is 0 Å². The molecule has 186 valence electrons. The summed E-state index contributed by atoms with van der Waals surface area (Å²) < 4.78 is 5.21. The molecule has 0 radical (unpaired) electrons. The molecule has 0 atom stereocenters. The second kappa shape index (κ2) is 11.2. The normalized spacial score (nSPS) is 11.6. The molecule has 5 aromatic carbocycles. The van der Waals surface area contributed by atoms with Crippen molar-refractivity contribution in [2.75, 3.05) is 7.11 Å². The van der Waals surface area contributed by atoms with Gasteiger partial charge >= 0.3 is 0 Å². The van der Waals surface area contributed by atoms with Crippen LogP contribution in [-0.2, 0) is 4.79 Å². The van der Waals surface area contributed by atoms with Gasteiger partial charge in [-0.25, -0.2) is 5.43 Å². The highest BCUT2D eigenvalue weighted by Crippen LogP contribution is 2.27. The fraction of sp³-hybridized carbons (Fsp3) is 0.0312. The highest BCUT2D eigenvalue weighted by molar-refractivity contribution is 6.13. The number of amides is 2. The monoisotopic (exact) mass is 499 g/mol. The number of rotatable bonds is 7. The molecule has 5 aromatic rings. The van der Waals surface area contributed by atoms with E-state index in [4.69, 9.17) is 4.74 Å². The van der Waals surface area contributed by atoms with Crippen LogP contribution in [-0.4, -0.2) is 25.1 Å². The number of methoxy groups -OCH3 is 1. The van der Waals surface area contributed by atoms with Gasteiger partial charge in [0.15, 0.2) is 0 Å². The van der Waals surface area contributed by atoms with Gasteiger partial charge in [-0.3, -0.25) is 9.59 Å². The number of nitrogens with zero attached hydrogens (tertiary/aromatic N) is 1. The number of benzene rings is 5. The molecule has 0 unspecified atom stereocenters. The molecule has 0 heterocycles. The molecular weight excluding hydrogens is 474 g/mol. The molecule has 2 N–H and O–H groups in total. The maximum Gasteiger partial charge on any atom is 0.287 e. The van der Waals surface area contributed by atoms with E-state index in [1.54, 1.807) is 67.9 Å². The highest BCUT2D eigenvalue weighted by Gasteiger charge is 2.14. The fourth-order valence-corrected chi connectivity index (χ4v) is 4.21. The Bertz CT molecular complexity index is 1620. The van der Waals surface area contributed by atoms with Crippen LogP contribution in [0.15, 0.2) is 120 Å². The van der Waals surface area contributed by atoms with Crippen LogP contribution in [0.25, 0.3) is 27.6 Å². The summed E-state index contributed by atoms with van der Waals surface area (Å²) in [7, 11) is 1.58. The van der Waals surface area contributed by atoms with Crippen molar-refractivity contribution < 1.29 is 14.3 Å². The molecular formula is C32H25N3O3. The third-order valence-corrected chi connectivity index (χ3v) is 6.13. The molecule has 2 amide bonds. The third kappa shape index (κ3) is 5.44. The Balaban J connectivity index is 1.45.